The minimum Gasteiger partial charge on any atom is -0.238 e. The third-order valence-corrected chi connectivity index (χ3v) is 2.60. The summed E-state index contributed by atoms with van der Waals surface area (Å²) < 4.78 is 0. The average molecular weight is 240 g/mol. The minimum absolute atomic E-state index is 0.613. The molecule has 17 heavy (non-hydrogen) atoms. The third-order valence-electron chi connectivity index (χ3n) is 2.36. The molecule has 2 rings (SSSR count). The molecule has 82 valence electrons. The van der Waals surface area contributed by atoms with Gasteiger partial charge in [-0.05, 0) is 17.2 Å². The van der Waals surface area contributed by atoms with Gasteiger partial charge in [0, 0.05) is 5.02 Å². The Bertz CT molecular complexity index is 580. The van der Waals surface area contributed by atoms with Crippen LogP contribution in [0.15, 0.2) is 48.5 Å². The molecule has 0 aliphatic carbocycles. The molecule has 0 bridgehead atoms. The van der Waals surface area contributed by atoms with E-state index >= 15 is 0 Å². The highest BCUT2D eigenvalue weighted by Gasteiger charge is 1.99. The van der Waals surface area contributed by atoms with Crippen LogP contribution in [0.1, 0.15) is 11.1 Å². The largest absolute Gasteiger partial charge is 0.238 e. The summed E-state index contributed by atoms with van der Waals surface area (Å²) in [6, 6.07) is 15.2. The van der Waals surface area contributed by atoms with Crippen LogP contribution in [-0.2, 0) is 0 Å². The minimum atomic E-state index is 0.613. The lowest BCUT2D eigenvalue weighted by atomic mass is 10.1. The first-order chi connectivity index (χ1) is 8.29. The van der Waals surface area contributed by atoms with Crippen LogP contribution < -0.4 is 0 Å². The maximum Gasteiger partial charge on any atom is 0.194 e. The lowest BCUT2D eigenvalue weighted by molar-refractivity contribution is 1.65. The van der Waals surface area contributed by atoms with Crippen molar-refractivity contribution in [1.29, 1.82) is 0 Å². The third kappa shape index (κ3) is 2.96. The van der Waals surface area contributed by atoms with Gasteiger partial charge in [0.2, 0.25) is 0 Å². The molecule has 0 radical (unpaired) electrons. The molecule has 0 aliphatic heterocycles. The fraction of sp³-hybridized carbons (Fsp3) is 0. The van der Waals surface area contributed by atoms with Gasteiger partial charge in [0.25, 0.3) is 0 Å². The fourth-order valence-electron chi connectivity index (χ4n) is 1.51. The van der Waals surface area contributed by atoms with E-state index in [0.717, 1.165) is 11.1 Å². The first-order valence-corrected chi connectivity index (χ1v) is 5.57. The van der Waals surface area contributed by atoms with E-state index in [-0.39, 0.29) is 0 Å². The summed E-state index contributed by atoms with van der Waals surface area (Å²) in [6.45, 7) is 7.09. The molecule has 0 amide bonds. The van der Waals surface area contributed by atoms with Gasteiger partial charge in [-0.3, -0.25) is 0 Å². The number of nitrogens with zero attached hydrogens (tertiary/aromatic N) is 1. The second-order valence-corrected chi connectivity index (χ2v) is 4.00. The zero-order chi connectivity index (χ0) is 12.1. The number of hydrogen-bond donors (Lipinski definition) is 0. The van der Waals surface area contributed by atoms with Gasteiger partial charge in [-0.1, -0.05) is 66.2 Å². The van der Waals surface area contributed by atoms with Crippen molar-refractivity contribution in [2.45, 2.75) is 0 Å². The maximum absolute atomic E-state index is 7.09. The molecule has 0 fully saturated rings. The van der Waals surface area contributed by atoms with Crippen molar-refractivity contribution >= 4 is 29.4 Å². The Hall–Kier alpha value is -2.04. The lowest BCUT2D eigenvalue weighted by Crippen LogP contribution is -1.74. The molecule has 0 heterocycles. The van der Waals surface area contributed by atoms with Crippen molar-refractivity contribution in [1.82, 2.24) is 0 Å². The van der Waals surface area contributed by atoms with E-state index < -0.39 is 0 Å². The first-order valence-electron chi connectivity index (χ1n) is 5.20. The van der Waals surface area contributed by atoms with Gasteiger partial charge in [-0.25, -0.2) is 4.85 Å². The van der Waals surface area contributed by atoms with Crippen LogP contribution in [0.4, 0.5) is 5.69 Å². The molecule has 0 N–H and O–H groups in total. The van der Waals surface area contributed by atoms with Gasteiger partial charge in [-0.15, -0.1) is 0 Å². The zero-order valence-corrected chi connectivity index (χ0v) is 9.85. The average Bonchev–Trinajstić information content (AvgIpc) is 2.38. The molecule has 0 aromatic heterocycles. The van der Waals surface area contributed by atoms with Crippen LogP contribution in [0.25, 0.3) is 17.0 Å². The summed E-state index contributed by atoms with van der Waals surface area (Å²) in [7, 11) is 0. The fourth-order valence-corrected chi connectivity index (χ4v) is 1.69. The lowest BCUT2D eigenvalue weighted by Gasteiger charge is -1.99. The van der Waals surface area contributed by atoms with E-state index in [0.29, 0.717) is 10.7 Å². The van der Waals surface area contributed by atoms with E-state index in [1.807, 2.05) is 42.5 Å². The van der Waals surface area contributed by atoms with Crippen molar-refractivity contribution in [3.8, 4) is 0 Å². The molecular formula is C15H10ClN. The number of benzene rings is 2. The van der Waals surface area contributed by atoms with Gasteiger partial charge in [0.15, 0.2) is 5.69 Å². The van der Waals surface area contributed by atoms with Crippen LogP contribution >= 0.6 is 11.6 Å². The number of halogens is 1. The van der Waals surface area contributed by atoms with Gasteiger partial charge < -0.3 is 0 Å². The van der Waals surface area contributed by atoms with Crippen LogP contribution in [0.3, 0.4) is 0 Å². The number of rotatable bonds is 2. The highest BCUT2D eigenvalue weighted by atomic mass is 35.5. The summed E-state index contributed by atoms with van der Waals surface area (Å²) in [6.07, 6.45) is 3.88. The monoisotopic (exact) mass is 239 g/mol. The van der Waals surface area contributed by atoms with Gasteiger partial charge in [-0.2, -0.15) is 0 Å². The summed E-state index contributed by atoms with van der Waals surface area (Å²) in [4.78, 5) is 3.46. The van der Waals surface area contributed by atoms with Gasteiger partial charge in [0.1, 0.15) is 0 Å². The maximum atomic E-state index is 7.09. The normalized spacial score (nSPS) is 10.4. The quantitative estimate of drug-likeness (QED) is 0.510. The molecule has 0 saturated carbocycles. The SMILES string of the molecule is [C-]#[N+]c1ccc(Cl)cc1C=Cc1ccccc1. The summed E-state index contributed by atoms with van der Waals surface area (Å²) in [5.41, 5.74) is 2.56. The Labute approximate surface area is 106 Å². The predicted molar refractivity (Wildman–Crippen MR) is 73.1 cm³/mol. The van der Waals surface area contributed by atoms with Crippen molar-refractivity contribution < 1.29 is 0 Å². The van der Waals surface area contributed by atoms with E-state index in [4.69, 9.17) is 18.2 Å². The second-order valence-electron chi connectivity index (χ2n) is 3.56. The Morgan fingerprint density at radius 3 is 2.47 bits per heavy atom. The van der Waals surface area contributed by atoms with Crippen molar-refractivity contribution in [2.24, 2.45) is 0 Å². The molecule has 0 saturated heterocycles. The Morgan fingerprint density at radius 1 is 1.00 bits per heavy atom. The molecule has 0 unspecified atom stereocenters. The molecule has 1 nitrogen and oxygen atoms in total. The van der Waals surface area contributed by atoms with Crippen molar-refractivity contribution in [3.05, 3.63) is 76.1 Å². The molecule has 0 atom stereocenters. The summed E-state index contributed by atoms with van der Waals surface area (Å²) in [5, 5.41) is 0.644. The highest BCUT2D eigenvalue weighted by Crippen LogP contribution is 2.25. The predicted octanol–water partition coefficient (Wildman–Crippen LogP) is 5.06. The Kier molecular flexibility index (Phi) is 3.59. The van der Waals surface area contributed by atoms with Crippen molar-refractivity contribution in [3.63, 3.8) is 0 Å². The van der Waals surface area contributed by atoms with Gasteiger partial charge in [0.05, 0.1) is 6.57 Å². The van der Waals surface area contributed by atoms with E-state index in [1.54, 1.807) is 18.2 Å². The number of hydrogen-bond acceptors (Lipinski definition) is 0. The Morgan fingerprint density at radius 2 is 1.76 bits per heavy atom. The van der Waals surface area contributed by atoms with Crippen molar-refractivity contribution in [2.75, 3.05) is 0 Å². The van der Waals surface area contributed by atoms with Crippen LogP contribution in [-0.4, -0.2) is 0 Å². The summed E-state index contributed by atoms with van der Waals surface area (Å²) in [5.74, 6) is 0. The van der Waals surface area contributed by atoms with E-state index in [2.05, 4.69) is 4.85 Å². The van der Waals surface area contributed by atoms with E-state index in [1.165, 1.54) is 0 Å². The van der Waals surface area contributed by atoms with E-state index in [9.17, 15) is 0 Å². The molecular weight excluding hydrogens is 230 g/mol. The Balaban J connectivity index is 2.33. The molecule has 0 aliphatic rings. The van der Waals surface area contributed by atoms with Crippen LogP contribution in [0, 0.1) is 6.57 Å². The highest BCUT2D eigenvalue weighted by molar-refractivity contribution is 6.30. The smallest absolute Gasteiger partial charge is 0.194 e. The topological polar surface area (TPSA) is 4.36 Å². The molecule has 2 aromatic rings. The van der Waals surface area contributed by atoms with Crippen LogP contribution in [0.5, 0.6) is 0 Å². The molecule has 2 heteroatoms. The second kappa shape index (κ2) is 5.34. The van der Waals surface area contributed by atoms with Crippen LogP contribution in [0.2, 0.25) is 5.02 Å². The zero-order valence-electron chi connectivity index (χ0n) is 9.10. The van der Waals surface area contributed by atoms with Gasteiger partial charge >= 0.3 is 0 Å². The molecule has 2 aromatic carbocycles. The summed E-state index contributed by atoms with van der Waals surface area (Å²) >= 11 is 5.92. The first kappa shape index (κ1) is 11.4. The standard InChI is InChI=1S/C15H10ClN/c1-17-15-10-9-14(16)11-13(15)8-7-12-5-3-2-4-6-12/h2-11H. The molecule has 0 spiro atoms.